The average Bonchev–Trinajstić information content (AvgIpc) is 3.14. The highest BCUT2D eigenvalue weighted by Crippen LogP contribution is 2.35. The molecule has 0 saturated carbocycles. The van der Waals surface area contributed by atoms with Gasteiger partial charge in [0.1, 0.15) is 5.71 Å². The smallest absolute Gasteiger partial charge is 0.270 e. The van der Waals surface area contributed by atoms with E-state index in [0.29, 0.717) is 25.2 Å². The molecule has 4 rings (SSSR count). The van der Waals surface area contributed by atoms with Crippen LogP contribution in [0.5, 0.6) is 0 Å². The second kappa shape index (κ2) is 7.30. The number of likely N-dealkylation sites (tertiary alicyclic amines) is 1. The topological polar surface area (TPSA) is 56.1 Å². The highest BCUT2D eigenvalue weighted by molar-refractivity contribution is 6.39. The lowest BCUT2D eigenvalue weighted by Gasteiger charge is -2.29. The van der Waals surface area contributed by atoms with E-state index in [1.807, 2.05) is 53.5 Å². The molecule has 1 saturated heterocycles. The standard InChI is InChI=1S/C21H23N3O2/c25-18-12-7-13-23(15-18)21(26)19-14-20(16-8-3-1-4-9-16)24(22-19)17-10-5-2-6-11-17/h1-6,8-11,18,20,25H,7,12-15H2/t18-,20-/m1/s1. The van der Waals surface area contributed by atoms with Gasteiger partial charge in [-0.05, 0) is 30.5 Å². The van der Waals surface area contributed by atoms with Crippen molar-refractivity contribution in [1.29, 1.82) is 0 Å². The highest BCUT2D eigenvalue weighted by atomic mass is 16.3. The van der Waals surface area contributed by atoms with E-state index in [1.54, 1.807) is 4.90 Å². The molecule has 2 aromatic carbocycles. The predicted octanol–water partition coefficient (Wildman–Crippen LogP) is 2.98. The molecule has 0 unspecified atom stereocenters. The third kappa shape index (κ3) is 3.35. The number of β-amino-alcohol motifs (C(OH)–C–C–N with tert-alkyl or cyclic N) is 1. The van der Waals surface area contributed by atoms with Crippen LogP contribution < -0.4 is 5.01 Å². The number of piperidine rings is 1. The van der Waals surface area contributed by atoms with E-state index in [1.165, 1.54) is 0 Å². The largest absolute Gasteiger partial charge is 0.391 e. The Hall–Kier alpha value is -2.66. The molecular formula is C21H23N3O2. The molecule has 0 radical (unpaired) electrons. The molecule has 2 aromatic rings. The van der Waals surface area contributed by atoms with Crippen LogP contribution in [0.15, 0.2) is 65.8 Å². The van der Waals surface area contributed by atoms with Gasteiger partial charge in [0, 0.05) is 19.5 Å². The Morgan fingerprint density at radius 3 is 2.42 bits per heavy atom. The van der Waals surface area contributed by atoms with Gasteiger partial charge >= 0.3 is 0 Å². The van der Waals surface area contributed by atoms with E-state index in [0.717, 1.165) is 24.1 Å². The van der Waals surface area contributed by atoms with E-state index in [2.05, 4.69) is 12.1 Å². The van der Waals surface area contributed by atoms with Crippen molar-refractivity contribution >= 4 is 17.3 Å². The number of anilines is 1. The van der Waals surface area contributed by atoms with Crippen molar-refractivity contribution in [3.05, 3.63) is 66.2 Å². The van der Waals surface area contributed by atoms with Gasteiger partial charge in [0.05, 0.1) is 17.8 Å². The quantitative estimate of drug-likeness (QED) is 0.927. The molecule has 1 amide bonds. The Morgan fingerprint density at radius 1 is 1.04 bits per heavy atom. The summed E-state index contributed by atoms with van der Waals surface area (Å²) < 4.78 is 0. The monoisotopic (exact) mass is 349 g/mol. The van der Waals surface area contributed by atoms with E-state index in [4.69, 9.17) is 5.10 Å². The zero-order valence-electron chi connectivity index (χ0n) is 14.7. The fourth-order valence-electron chi connectivity index (χ4n) is 3.71. The van der Waals surface area contributed by atoms with Gasteiger partial charge in [0.2, 0.25) is 0 Å². The summed E-state index contributed by atoms with van der Waals surface area (Å²) in [6.45, 7) is 1.09. The minimum atomic E-state index is -0.426. The number of aliphatic hydroxyl groups is 1. The van der Waals surface area contributed by atoms with Crippen LogP contribution >= 0.6 is 0 Å². The van der Waals surface area contributed by atoms with Gasteiger partial charge in [-0.3, -0.25) is 9.80 Å². The van der Waals surface area contributed by atoms with E-state index >= 15 is 0 Å². The number of carbonyl (C=O) groups excluding carboxylic acids is 1. The molecule has 2 atom stereocenters. The number of para-hydroxylation sites is 1. The fraction of sp³-hybridized carbons (Fsp3) is 0.333. The highest BCUT2D eigenvalue weighted by Gasteiger charge is 2.35. The number of benzene rings is 2. The Labute approximate surface area is 153 Å². The molecule has 2 aliphatic rings. The molecule has 0 aromatic heterocycles. The first-order chi connectivity index (χ1) is 12.7. The summed E-state index contributed by atoms with van der Waals surface area (Å²) in [7, 11) is 0. The number of hydrazone groups is 1. The number of hydrogen-bond acceptors (Lipinski definition) is 4. The summed E-state index contributed by atoms with van der Waals surface area (Å²) >= 11 is 0. The van der Waals surface area contributed by atoms with Gasteiger partial charge in [-0.25, -0.2) is 0 Å². The average molecular weight is 349 g/mol. The van der Waals surface area contributed by atoms with Gasteiger partial charge in [-0.2, -0.15) is 5.10 Å². The van der Waals surface area contributed by atoms with Crippen molar-refractivity contribution in [1.82, 2.24) is 4.90 Å². The number of rotatable bonds is 3. The molecule has 26 heavy (non-hydrogen) atoms. The summed E-state index contributed by atoms with van der Waals surface area (Å²) in [5.74, 6) is -0.0527. The third-order valence-corrected chi connectivity index (χ3v) is 5.05. The molecule has 5 heteroatoms. The lowest BCUT2D eigenvalue weighted by atomic mass is 10.00. The van der Waals surface area contributed by atoms with Crippen molar-refractivity contribution in [2.24, 2.45) is 5.10 Å². The molecule has 134 valence electrons. The first-order valence-corrected chi connectivity index (χ1v) is 9.16. The third-order valence-electron chi connectivity index (χ3n) is 5.05. The Bertz CT molecular complexity index is 791. The maximum atomic E-state index is 13.0. The second-order valence-electron chi connectivity index (χ2n) is 6.90. The van der Waals surface area contributed by atoms with Gasteiger partial charge in [-0.15, -0.1) is 0 Å². The Balaban J connectivity index is 1.63. The SMILES string of the molecule is O=C(C1=NN(c2ccccc2)[C@@H](c2ccccc2)C1)N1CCC[C@@H](O)C1. The number of aliphatic hydroxyl groups excluding tert-OH is 1. The van der Waals surface area contributed by atoms with Crippen LogP contribution in [0.2, 0.25) is 0 Å². The first-order valence-electron chi connectivity index (χ1n) is 9.16. The number of amides is 1. The normalized spacial score (nSPS) is 23.0. The summed E-state index contributed by atoms with van der Waals surface area (Å²) in [6.07, 6.45) is 1.75. The number of nitrogens with zero attached hydrogens (tertiary/aromatic N) is 3. The van der Waals surface area contributed by atoms with E-state index in [9.17, 15) is 9.90 Å². The zero-order chi connectivity index (χ0) is 17.9. The van der Waals surface area contributed by atoms with Gasteiger partial charge < -0.3 is 10.0 Å². The van der Waals surface area contributed by atoms with Crippen LogP contribution in [0, 0.1) is 0 Å². The summed E-state index contributed by atoms with van der Waals surface area (Å²) in [4.78, 5) is 14.7. The summed E-state index contributed by atoms with van der Waals surface area (Å²) in [5, 5.41) is 16.5. The lowest BCUT2D eigenvalue weighted by molar-refractivity contribution is -0.127. The van der Waals surface area contributed by atoms with E-state index in [-0.39, 0.29) is 11.9 Å². The lowest BCUT2D eigenvalue weighted by Crippen LogP contribution is -2.44. The Morgan fingerprint density at radius 2 is 1.73 bits per heavy atom. The second-order valence-corrected chi connectivity index (χ2v) is 6.90. The molecule has 1 N–H and O–H groups in total. The van der Waals surface area contributed by atoms with Crippen molar-refractivity contribution in [3.63, 3.8) is 0 Å². The van der Waals surface area contributed by atoms with Crippen molar-refractivity contribution in [2.45, 2.75) is 31.4 Å². The summed E-state index contributed by atoms with van der Waals surface area (Å²) in [5.41, 5.74) is 2.68. The van der Waals surface area contributed by atoms with Crippen LogP contribution in [0.25, 0.3) is 0 Å². The van der Waals surface area contributed by atoms with Crippen LogP contribution in [0.1, 0.15) is 30.9 Å². The van der Waals surface area contributed by atoms with Crippen LogP contribution in [-0.4, -0.2) is 40.8 Å². The minimum absolute atomic E-state index is 0.00673. The van der Waals surface area contributed by atoms with Crippen LogP contribution in [0.3, 0.4) is 0 Å². The molecule has 0 bridgehead atoms. The fourth-order valence-corrected chi connectivity index (χ4v) is 3.71. The zero-order valence-corrected chi connectivity index (χ0v) is 14.7. The van der Waals surface area contributed by atoms with Crippen molar-refractivity contribution in [3.8, 4) is 0 Å². The van der Waals surface area contributed by atoms with Crippen molar-refractivity contribution < 1.29 is 9.90 Å². The molecule has 1 fully saturated rings. The van der Waals surface area contributed by atoms with Crippen molar-refractivity contribution in [2.75, 3.05) is 18.1 Å². The maximum Gasteiger partial charge on any atom is 0.270 e. The molecule has 2 heterocycles. The molecule has 0 spiro atoms. The maximum absolute atomic E-state index is 13.0. The summed E-state index contributed by atoms with van der Waals surface area (Å²) in [6, 6.07) is 20.1. The molecule has 0 aliphatic carbocycles. The molecular weight excluding hydrogens is 326 g/mol. The van der Waals surface area contributed by atoms with Gasteiger partial charge in [0.15, 0.2) is 0 Å². The Kier molecular flexibility index (Phi) is 4.71. The minimum Gasteiger partial charge on any atom is -0.391 e. The van der Waals surface area contributed by atoms with Gasteiger partial charge in [0.25, 0.3) is 5.91 Å². The predicted molar refractivity (Wildman–Crippen MR) is 102 cm³/mol. The molecule has 2 aliphatic heterocycles. The first kappa shape index (κ1) is 16.8. The van der Waals surface area contributed by atoms with E-state index < -0.39 is 6.10 Å². The molecule has 5 nitrogen and oxygen atoms in total. The number of hydrogen-bond donors (Lipinski definition) is 1. The van der Waals surface area contributed by atoms with Gasteiger partial charge in [-0.1, -0.05) is 48.5 Å². The van der Waals surface area contributed by atoms with Crippen LogP contribution in [0.4, 0.5) is 5.69 Å². The number of carbonyl (C=O) groups is 1. The van der Waals surface area contributed by atoms with Crippen LogP contribution in [-0.2, 0) is 4.79 Å².